The van der Waals surface area contributed by atoms with Gasteiger partial charge in [0.15, 0.2) is 0 Å². The van der Waals surface area contributed by atoms with Crippen molar-refractivity contribution in [1.82, 2.24) is 15.2 Å². The number of amidine groups is 1. The average molecular weight is 482 g/mol. The molecular formula is C27H33F2N5O. The van der Waals surface area contributed by atoms with Crippen LogP contribution in [0.2, 0.25) is 0 Å². The maximum atomic E-state index is 13.5. The number of hydrazone groups is 1. The Morgan fingerprint density at radius 3 is 2.14 bits per heavy atom. The first kappa shape index (κ1) is 27.4. The van der Waals surface area contributed by atoms with Gasteiger partial charge in [0, 0.05) is 33.2 Å². The van der Waals surface area contributed by atoms with E-state index in [1.807, 2.05) is 26.0 Å². The van der Waals surface area contributed by atoms with Crippen molar-refractivity contribution in [2.45, 2.75) is 20.3 Å². The Morgan fingerprint density at radius 2 is 1.60 bits per heavy atom. The van der Waals surface area contributed by atoms with Crippen LogP contribution < -0.4 is 5.32 Å². The molecule has 0 aliphatic rings. The summed E-state index contributed by atoms with van der Waals surface area (Å²) < 4.78 is 26.8. The molecule has 0 unspecified atom stereocenters. The van der Waals surface area contributed by atoms with Gasteiger partial charge in [-0.2, -0.15) is 5.10 Å². The quantitative estimate of drug-likeness (QED) is 0.148. The summed E-state index contributed by atoms with van der Waals surface area (Å²) >= 11 is 0. The van der Waals surface area contributed by atoms with Gasteiger partial charge in [0.1, 0.15) is 17.5 Å². The van der Waals surface area contributed by atoms with Crippen LogP contribution in [0.3, 0.4) is 0 Å². The molecule has 0 radical (unpaired) electrons. The van der Waals surface area contributed by atoms with E-state index in [4.69, 9.17) is 5.10 Å². The molecule has 2 aromatic carbocycles. The molecule has 1 amide bonds. The van der Waals surface area contributed by atoms with E-state index in [9.17, 15) is 13.6 Å². The lowest BCUT2D eigenvalue weighted by Crippen LogP contribution is -2.37. The summed E-state index contributed by atoms with van der Waals surface area (Å²) in [5.41, 5.74) is 2.86. The molecule has 0 aliphatic heterocycles. The van der Waals surface area contributed by atoms with Gasteiger partial charge in [-0.25, -0.2) is 8.78 Å². The predicted molar refractivity (Wildman–Crippen MR) is 139 cm³/mol. The Labute approximate surface area is 206 Å². The Kier molecular flexibility index (Phi) is 11.3. The van der Waals surface area contributed by atoms with Crippen LogP contribution in [-0.2, 0) is 4.79 Å². The van der Waals surface area contributed by atoms with E-state index in [2.05, 4.69) is 21.8 Å². The maximum Gasteiger partial charge on any atom is 0.207 e. The van der Waals surface area contributed by atoms with Gasteiger partial charge in [-0.1, -0.05) is 24.8 Å². The van der Waals surface area contributed by atoms with Crippen molar-refractivity contribution >= 4 is 23.7 Å². The van der Waals surface area contributed by atoms with Crippen molar-refractivity contribution in [3.63, 3.8) is 0 Å². The van der Waals surface area contributed by atoms with E-state index in [1.165, 1.54) is 24.3 Å². The number of amides is 1. The van der Waals surface area contributed by atoms with Crippen molar-refractivity contribution in [2.75, 3.05) is 33.2 Å². The number of halogens is 2. The number of rotatable bonds is 13. The first-order chi connectivity index (χ1) is 16.9. The Bertz CT molecular complexity index is 1050. The highest BCUT2D eigenvalue weighted by molar-refractivity contribution is 5.98. The van der Waals surface area contributed by atoms with E-state index in [-0.39, 0.29) is 11.6 Å². The summed E-state index contributed by atoms with van der Waals surface area (Å²) in [5.74, 6) is 0.178. The number of nitrogens with zero attached hydrogens (tertiary/aromatic N) is 4. The van der Waals surface area contributed by atoms with E-state index in [0.29, 0.717) is 50.4 Å². The fraction of sp³-hybridized carbons (Fsp3) is 0.296. The van der Waals surface area contributed by atoms with Crippen LogP contribution in [0.15, 0.2) is 77.4 Å². The summed E-state index contributed by atoms with van der Waals surface area (Å²) in [6.07, 6.45) is 5.23. The lowest BCUT2D eigenvalue weighted by atomic mass is 10.1. The molecule has 1 N–H and O–H groups in total. The van der Waals surface area contributed by atoms with Crippen LogP contribution in [0, 0.1) is 11.6 Å². The third-order valence-electron chi connectivity index (χ3n) is 5.30. The van der Waals surface area contributed by atoms with Gasteiger partial charge >= 0.3 is 0 Å². The highest BCUT2D eigenvalue weighted by atomic mass is 19.1. The minimum atomic E-state index is -0.325. The van der Waals surface area contributed by atoms with Crippen molar-refractivity contribution in [3.05, 3.63) is 90.0 Å². The van der Waals surface area contributed by atoms with E-state index < -0.39 is 0 Å². The monoisotopic (exact) mass is 481 g/mol. The first-order valence-corrected chi connectivity index (χ1v) is 11.4. The first-order valence-electron chi connectivity index (χ1n) is 11.4. The number of hydrogen-bond donors (Lipinski definition) is 1. The molecule has 35 heavy (non-hydrogen) atoms. The molecule has 8 heteroatoms. The smallest absolute Gasteiger partial charge is 0.207 e. The number of benzene rings is 2. The van der Waals surface area contributed by atoms with Gasteiger partial charge in [0.2, 0.25) is 6.41 Å². The van der Waals surface area contributed by atoms with Crippen LogP contribution in [0.1, 0.15) is 31.4 Å². The highest BCUT2D eigenvalue weighted by Crippen LogP contribution is 2.20. The molecule has 0 aliphatic carbocycles. The molecule has 6 nitrogen and oxygen atoms in total. The molecule has 0 spiro atoms. The third-order valence-corrected chi connectivity index (χ3v) is 5.30. The highest BCUT2D eigenvalue weighted by Gasteiger charge is 2.13. The Hall–Kier alpha value is -3.81. The van der Waals surface area contributed by atoms with E-state index >= 15 is 0 Å². The average Bonchev–Trinajstić information content (AvgIpc) is 2.86. The van der Waals surface area contributed by atoms with Crippen molar-refractivity contribution < 1.29 is 13.6 Å². The summed E-state index contributed by atoms with van der Waals surface area (Å²) in [7, 11) is 1.73. The molecular weight excluding hydrogens is 448 g/mol. The number of nitrogens with one attached hydrogen (secondary N) is 1. The number of carbonyl (C=O) groups excluding carboxylic acids is 1. The lowest BCUT2D eigenvalue weighted by molar-refractivity contribution is -0.109. The second kappa shape index (κ2) is 14.5. The molecule has 0 atom stereocenters. The molecule has 2 aromatic rings. The molecule has 0 bridgehead atoms. The van der Waals surface area contributed by atoms with Gasteiger partial charge in [0.25, 0.3) is 0 Å². The zero-order chi connectivity index (χ0) is 25.6. The fourth-order valence-electron chi connectivity index (χ4n) is 3.45. The Balaban J connectivity index is 2.23. The number of allylic oxidation sites excluding steroid dienone is 1. The van der Waals surface area contributed by atoms with Gasteiger partial charge in [-0.15, -0.1) is 0 Å². The summed E-state index contributed by atoms with van der Waals surface area (Å²) in [6.45, 7) is 10.3. The minimum Gasteiger partial charge on any atom is -0.357 e. The predicted octanol–water partition coefficient (Wildman–Crippen LogP) is 4.70. The molecule has 0 saturated heterocycles. The number of carbonyl (C=O) groups is 1. The topological polar surface area (TPSA) is 60.3 Å². The van der Waals surface area contributed by atoms with Crippen molar-refractivity contribution in [3.8, 4) is 0 Å². The van der Waals surface area contributed by atoms with E-state index in [1.54, 1.807) is 36.3 Å². The molecule has 0 heterocycles. The van der Waals surface area contributed by atoms with Gasteiger partial charge < -0.3 is 10.2 Å². The normalized spacial score (nSPS) is 12.0. The van der Waals surface area contributed by atoms with Crippen LogP contribution in [0.4, 0.5) is 8.78 Å². The van der Waals surface area contributed by atoms with Crippen LogP contribution in [0.5, 0.6) is 0 Å². The lowest BCUT2D eigenvalue weighted by Gasteiger charge is -2.27. The zero-order valence-electron chi connectivity index (χ0n) is 20.5. The molecule has 0 saturated carbocycles. The van der Waals surface area contributed by atoms with Gasteiger partial charge in [0.05, 0.1) is 11.4 Å². The maximum absolute atomic E-state index is 13.5. The summed E-state index contributed by atoms with van der Waals surface area (Å²) in [5, 5.41) is 9.23. The second-order valence-electron chi connectivity index (χ2n) is 7.76. The molecule has 186 valence electrons. The number of hydrogen-bond acceptors (Lipinski definition) is 4. The van der Waals surface area contributed by atoms with Gasteiger partial charge in [-0.05, 0) is 73.9 Å². The molecule has 2 rings (SSSR count). The van der Waals surface area contributed by atoms with Gasteiger partial charge in [-0.3, -0.25) is 14.8 Å². The molecule has 0 aromatic heterocycles. The third kappa shape index (κ3) is 8.81. The van der Waals surface area contributed by atoms with Crippen molar-refractivity contribution in [1.29, 1.82) is 0 Å². The standard InChI is InChI=1S/C27H33F2N5O/c1-5-7-27(30-4)33(19-16-31-20-35)17-6-18-34(22(3)24-10-14-26(29)15-11-24)32-21(2)23-8-12-25(28)13-9-23/h5,7-15,20H,3,6,16-19H2,1-2,4H3,(H,31,35)/b7-5-,30-27?,32-21+. The zero-order valence-corrected chi connectivity index (χ0v) is 20.5. The van der Waals surface area contributed by atoms with Crippen molar-refractivity contribution in [2.24, 2.45) is 10.1 Å². The second-order valence-corrected chi connectivity index (χ2v) is 7.76. The van der Waals surface area contributed by atoms with Crippen LogP contribution in [-0.4, -0.2) is 61.1 Å². The minimum absolute atomic E-state index is 0.312. The SMILES string of the molecule is C=C(c1ccc(F)cc1)N(CCCN(CCNC=O)C(/C=C\C)=NC)/N=C(\C)c1ccc(F)cc1. The summed E-state index contributed by atoms with van der Waals surface area (Å²) in [6, 6.07) is 12.2. The largest absolute Gasteiger partial charge is 0.357 e. The molecule has 0 fully saturated rings. The summed E-state index contributed by atoms with van der Waals surface area (Å²) in [4.78, 5) is 17.1. The fourth-order valence-corrected chi connectivity index (χ4v) is 3.45. The van der Waals surface area contributed by atoms with E-state index in [0.717, 1.165) is 17.0 Å². The van der Waals surface area contributed by atoms with Crippen LogP contribution >= 0.6 is 0 Å². The Morgan fingerprint density at radius 1 is 1.00 bits per heavy atom. The number of aliphatic imine (C=N–C) groups is 1. The van der Waals surface area contributed by atoms with Crippen LogP contribution in [0.25, 0.3) is 5.70 Å².